The van der Waals surface area contributed by atoms with Crippen molar-refractivity contribution in [2.75, 3.05) is 0 Å². The number of hydrogen-bond donors (Lipinski definition) is 1. The van der Waals surface area contributed by atoms with Gasteiger partial charge in [-0.25, -0.2) is 0 Å². The van der Waals surface area contributed by atoms with Gasteiger partial charge >= 0.3 is 0 Å². The molecule has 2 saturated carbocycles. The van der Waals surface area contributed by atoms with Crippen molar-refractivity contribution in [3.05, 3.63) is 0 Å². The Kier molecular flexibility index (Phi) is 2.97. The summed E-state index contributed by atoms with van der Waals surface area (Å²) < 4.78 is 6.33. The smallest absolute Gasteiger partial charge is 0.0687 e. The highest BCUT2D eigenvalue weighted by Gasteiger charge is 2.42. The van der Waals surface area contributed by atoms with Gasteiger partial charge in [-0.15, -0.1) is 0 Å². The third-order valence-corrected chi connectivity index (χ3v) is 4.96. The monoisotopic (exact) mass is 224 g/mol. The van der Waals surface area contributed by atoms with Crippen LogP contribution in [0.5, 0.6) is 0 Å². The number of aliphatic hydroxyl groups is 1. The molecule has 1 spiro atoms. The fraction of sp³-hybridized carbons (Fsp3) is 1.00. The van der Waals surface area contributed by atoms with Gasteiger partial charge < -0.3 is 9.84 Å². The van der Waals surface area contributed by atoms with Crippen molar-refractivity contribution in [3.63, 3.8) is 0 Å². The lowest BCUT2D eigenvalue weighted by molar-refractivity contribution is -0.0442. The molecule has 3 fully saturated rings. The predicted molar refractivity (Wildman–Crippen MR) is 63.3 cm³/mol. The van der Waals surface area contributed by atoms with E-state index >= 15 is 0 Å². The van der Waals surface area contributed by atoms with Crippen LogP contribution in [-0.2, 0) is 4.74 Å². The van der Waals surface area contributed by atoms with Crippen LogP contribution in [0, 0.1) is 5.92 Å². The predicted octanol–water partition coefficient (Wildman–Crippen LogP) is 3.03. The third kappa shape index (κ3) is 2.14. The Morgan fingerprint density at radius 2 is 1.88 bits per heavy atom. The van der Waals surface area contributed by atoms with Gasteiger partial charge in [0.2, 0.25) is 0 Å². The summed E-state index contributed by atoms with van der Waals surface area (Å²) in [5, 5.41) is 9.54. The normalized spacial score (nSPS) is 42.2. The van der Waals surface area contributed by atoms with E-state index in [4.69, 9.17) is 4.74 Å². The van der Waals surface area contributed by atoms with E-state index in [1.165, 1.54) is 51.4 Å². The molecule has 3 rings (SSSR count). The van der Waals surface area contributed by atoms with Crippen molar-refractivity contribution in [1.29, 1.82) is 0 Å². The van der Waals surface area contributed by atoms with Crippen LogP contribution < -0.4 is 0 Å². The first-order valence-electron chi connectivity index (χ1n) is 7.12. The van der Waals surface area contributed by atoms with Gasteiger partial charge in [0.25, 0.3) is 0 Å². The minimum atomic E-state index is -0.0214. The molecule has 3 aliphatic rings. The fourth-order valence-corrected chi connectivity index (χ4v) is 4.08. The lowest BCUT2D eigenvalue weighted by Gasteiger charge is -2.24. The van der Waals surface area contributed by atoms with Crippen molar-refractivity contribution >= 4 is 0 Å². The van der Waals surface area contributed by atoms with E-state index < -0.39 is 0 Å². The van der Waals surface area contributed by atoms with Crippen molar-refractivity contribution in [1.82, 2.24) is 0 Å². The number of hydrogen-bond acceptors (Lipinski definition) is 2. The highest BCUT2D eigenvalue weighted by atomic mass is 16.5. The summed E-state index contributed by atoms with van der Waals surface area (Å²) in [6, 6.07) is 0. The molecule has 3 atom stereocenters. The first-order chi connectivity index (χ1) is 7.76. The largest absolute Gasteiger partial charge is 0.393 e. The van der Waals surface area contributed by atoms with Crippen LogP contribution in [-0.4, -0.2) is 22.9 Å². The van der Waals surface area contributed by atoms with E-state index in [2.05, 4.69) is 0 Å². The van der Waals surface area contributed by atoms with Gasteiger partial charge in [-0.2, -0.15) is 0 Å². The van der Waals surface area contributed by atoms with E-state index in [0.29, 0.717) is 11.7 Å². The van der Waals surface area contributed by atoms with Crippen molar-refractivity contribution in [3.8, 4) is 0 Å². The topological polar surface area (TPSA) is 29.5 Å². The molecule has 0 aromatic heterocycles. The molecule has 92 valence electrons. The molecule has 2 aliphatic carbocycles. The zero-order valence-corrected chi connectivity index (χ0v) is 10.2. The minimum absolute atomic E-state index is 0.0214. The summed E-state index contributed by atoms with van der Waals surface area (Å²) >= 11 is 0. The molecule has 1 saturated heterocycles. The van der Waals surface area contributed by atoms with Crippen LogP contribution in [0.15, 0.2) is 0 Å². The molecule has 16 heavy (non-hydrogen) atoms. The standard InChI is InChI=1S/C14H24O2/c15-12-4-3-11(9-12)10-13-5-8-14(16-13)6-1-2-7-14/h11-13,15H,1-10H2. The number of ether oxygens (including phenoxy) is 1. The van der Waals surface area contributed by atoms with Crippen LogP contribution in [0.25, 0.3) is 0 Å². The molecule has 2 heteroatoms. The molecule has 0 bridgehead atoms. The first-order valence-corrected chi connectivity index (χ1v) is 7.12. The Morgan fingerprint density at radius 3 is 2.56 bits per heavy atom. The molecular weight excluding hydrogens is 200 g/mol. The Labute approximate surface area is 98.4 Å². The van der Waals surface area contributed by atoms with E-state index in [1.807, 2.05) is 0 Å². The minimum Gasteiger partial charge on any atom is -0.393 e. The zero-order valence-electron chi connectivity index (χ0n) is 10.2. The van der Waals surface area contributed by atoms with Gasteiger partial charge in [0, 0.05) is 0 Å². The Balaban J connectivity index is 1.50. The summed E-state index contributed by atoms with van der Waals surface area (Å²) in [5.41, 5.74) is 0.294. The lowest BCUT2D eigenvalue weighted by Crippen LogP contribution is -2.25. The molecule has 0 radical (unpaired) electrons. The van der Waals surface area contributed by atoms with Gasteiger partial charge in [0.05, 0.1) is 17.8 Å². The van der Waals surface area contributed by atoms with Gasteiger partial charge in [-0.1, -0.05) is 12.8 Å². The van der Waals surface area contributed by atoms with Gasteiger partial charge in [0.1, 0.15) is 0 Å². The van der Waals surface area contributed by atoms with E-state index in [0.717, 1.165) is 18.8 Å². The number of aliphatic hydroxyl groups excluding tert-OH is 1. The highest BCUT2D eigenvalue weighted by molar-refractivity contribution is 4.93. The van der Waals surface area contributed by atoms with Gasteiger partial charge in [-0.3, -0.25) is 0 Å². The zero-order chi connectivity index (χ0) is 11.0. The van der Waals surface area contributed by atoms with E-state index in [9.17, 15) is 5.11 Å². The second-order valence-electron chi connectivity index (χ2n) is 6.24. The number of rotatable bonds is 2. The SMILES string of the molecule is OC1CCC(CC2CCC3(CCCC3)O2)C1. The molecule has 3 unspecified atom stereocenters. The Hall–Kier alpha value is -0.0800. The van der Waals surface area contributed by atoms with E-state index in [1.54, 1.807) is 0 Å². The molecule has 0 aromatic rings. The maximum absolute atomic E-state index is 9.54. The van der Waals surface area contributed by atoms with E-state index in [-0.39, 0.29) is 6.10 Å². The Morgan fingerprint density at radius 1 is 1.06 bits per heavy atom. The summed E-state index contributed by atoms with van der Waals surface area (Å²) in [5.74, 6) is 0.733. The Bertz CT molecular complexity index is 245. The average molecular weight is 224 g/mol. The fourth-order valence-electron chi connectivity index (χ4n) is 4.08. The highest BCUT2D eigenvalue weighted by Crippen LogP contribution is 2.45. The molecule has 2 nitrogen and oxygen atoms in total. The van der Waals surface area contributed by atoms with Crippen LogP contribution in [0.4, 0.5) is 0 Å². The molecular formula is C14H24O2. The third-order valence-electron chi connectivity index (χ3n) is 4.96. The summed E-state index contributed by atoms with van der Waals surface area (Å²) in [4.78, 5) is 0. The summed E-state index contributed by atoms with van der Waals surface area (Å²) in [7, 11) is 0. The van der Waals surface area contributed by atoms with Gasteiger partial charge in [-0.05, 0) is 57.3 Å². The van der Waals surface area contributed by atoms with Crippen molar-refractivity contribution in [2.24, 2.45) is 5.92 Å². The van der Waals surface area contributed by atoms with Crippen LogP contribution in [0.3, 0.4) is 0 Å². The van der Waals surface area contributed by atoms with Crippen molar-refractivity contribution < 1.29 is 9.84 Å². The maximum Gasteiger partial charge on any atom is 0.0687 e. The summed E-state index contributed by atoms with van der Waals surface area (Å²) in [6.45, 7) is 0. The van der Waals surface area contributed by atoms with Crippen LogP contribution >= 0.6 is 0 Å². The molecule has 1 N–H and O–H groups in total. The molecule has 0 amide bonds. The van der Waals surface area contributed by atoms with Gasteiger partial charge in [0.15, 0.2) is 0 Å². The molecule has 1 aliphatic heterocycles. The quantitative estimate of drug-likeness (QED) is 0.781. The second-order valence-corrected chi connectivity index (χ2v) is 6.24. The van der Waals surface area contributed by atoms with Crippen LogP contribution in [0.1, 0.15) is 64.2 Å². The second kappa shape index (κ2) is 4.30. The molecule has 1 heterocycles. The lowest BCUT2D eigenvalue weighted by atomic mass is 9.95. The summed E-state index contributed by atoms with van der Waals surface area (Å²) in [6.07, 6.45) is 12.9. The first kappa shape index (κ1) is 11.0. The maximum atomic E-state index is 9.54. The van der Waals surface area contributed by atoms with Crippen LogP contribution in [0.2, 0.25) is 0 Å². The molecule has 0 aromatic carbocycles. The van der Waals surface area contributed by atoms with Crippen molar-refractivity contribution in [2.45, 2.75) is 82.0 Å². The average Bonchev–Trinajstić information content (AvgIpc) is 2.94.